The zero-order chi connectivity index (χ0) is 11.1. The molecule has 0 aliphatic rings. The minimum atomic E-state index is -0.635. The number of ether oxygens (including phenoxy) is 1. The summed E-state index contributed by atoms with van der Waals surface area (Å²) in [4.78, 5) is 15.1. The highest BCUT2D eigenvalue weighted by Gasteiger charge is 2.09. The van der Waals surface area contributed by atoms with Gasteiger partial charge < -0.3 is 10.1 Å². The summed E-state index contributed by atoms with van der Waals surface area (Å²) >= 11 is 1.37. The molecule has 0 saturated heterocycles. The number of hydrogen-bond acceptors (Lipinski definition) is 6. The molecular formula is C9H9N3O2S. The van der Waals surface area contributed by atoms with Crippen LogP contribution in [0.3, 0.4) is 0 Å². The zero-order valence-corrected chi connectivity index (χ0v) is 8.87. The molecule has 0 aromatic carbocycles. The Labute approximate surface area is 91.0 Å². The number of anilines is 1. The quantitative estimate of drug-likeness (QED) is 0.476. The molecule has 1 N–H and O–H groups in total. The van der Waals surface area contributed by atoms with Crippen molar-refractivity contribution in [2.75, 3.05) is 11.9 Å². The van der Waals surface area contributed by atoms with Gasteiger partial charge in [-0.3, -0.25) is 0 Å². The number of hydrogen-bond donors (Lipinski definition) is 1. The van der Waals surface area contributed by atoms with Crippen LogP contribution in [0.25, 0.3) is 0 Å². The fraction of sp³-hybridized carbons (Fsp3) is 0.222. The van der Waals surface area contributed by atoms with E-state index < -0.39 is 5.97 Å². The lowest BCUT2D eigenvalue weighted by atomic mass is 10.3. The largest absolute Gasteiger partial charge is 0.462 e. The predicted molar refractivity (Wildman–Crippen MR) is 56.1 cm³/mol. The third kappa shape index (κ3) is 3.40. The fourth-order valence-electron chi connectivity index (χ4n) is 0.774. The van der Waals surface area contributed by atoms with E-state index in [4.69, 9.17) is 5.26 Å². The maximum atomic E-state index is 11.2. The summed E-state index contributed by atoms with van der Waals surface area (Å²) in [5.41, 5.74) is -0.0768. The highest BCUT2D eigenvalue weighted by Crippen LogP contribution is 2.10. The lowest BCUT2D eigenvalue weighted by Gasteiger charge is -1.99. The Morgan fingerprint density at radius 2 is 2.67 bits per heavy atom. The Morgan fingerprint density at radius 1 is 1.87 bits per heavy atom. The van der Waals surface area contributed by atoms with E-state index in [2.05, 4.69) is 15.0 Å². The standard InChI is InChI=1S/C9H9N3O2S/c1-2-14-8(13)7(5-10)6-12-9-11-3-4-15-9/h3-4,6H,2H2,1H3,(H,11,12). The second-order valence-electron chi connectivity index (χ2n) is 2.37. The van der Waals surface area contributed by atoms with Gasteiger partial charge in [0.2, 0.25) is 0 Å². The average Bonchev–Trinajstić information content (AvgIpc) is 2.72. The second-order valence-corrected chi connectivity index (χ2v) is 3.27. The summed E-state index contributed by atoms with van der Waals surface area (Å²) in [5.74, 6) is -0.635. The minimum Gasteiger partial charge on any atom is -0.462 e. The number of nitriles is 1. The first-order chi connectivity index (χ1) is 7.27. The van der Waals surface area contributed by atoms with Gasteiger partial charge in [-0.05, 0) is 6.92 Å². The van der Waals surface area contributed by atoms with E-state index in [0.29, 0.717) is 5.13 Å². The topological polar surface area (TPSA) is 75.0 Å². The first-order valence-corrected chi connectivity index (χ1v) is 5.09. The number of nitrogens with zero attached hydrogens (tertiary/aromatic N) is 2. The molecule has 0 spiro atoms. The molecular weight excluding hydrogens is 214 g/mol. The molecule has 1 heterocycles. The van der Waals surface area contributed by atoms with Crippen LogP contribution in [-0.2, 0) is 9.53 Å². The molecule has 0 radical (unpaired) electrons. The smallest absolute Gasteiger partial charge is 0.350 e. The molecule has 0 bridgehead atoms. The normalized spacial score (nSPS) is 10.5. The lowest BCUT2D eigenvalue weighted by molar-refractivity contribution is -0.138. The van der Waals surface area contributed by atoms with Crippen molar-refractivity contribution in [3.05, 3.63) is 23.3 Å². The molecule has 0 fully saturated rings. The summed E-state index contributed by atoms with van der Waals surface area (Å²) in [5, 5.41) is 13.8. The van der Waals surface area contributed by atoms with Crippen LogP contribution in [0.1, 0.15) is 6.92 Å². The van der Waals surface area contributed by atoms with Gasteiger partial charge in [0.05, 0.1) is 6.61 Å². The van der Waals surface area contributed by atoms with Crippen LogP contribution in [0.5, 0.6) is 0 Å². The summed E-state index contributed by atoms with van der Waals surface area (Å²) in [7, 11) is 0. The van der Waals surface area contributed by atoms with Crippen molar-refractivity contribution in [1.29, 1.82) is 5.26 Å². The molecule has 78 valence electrons. The molecule has 0 amide bonds. The van der Waals surface area contributed by atoms with E-state index in [9.17, 15) is 4.79 Å². The molecule has 6 heteroatoms. The summed E-state index contributed by atoms with van der Waals surface area (Å²) in [6.45, 7) is 1.93. The van der Waals surface area contributed by atoms with Crippen LogP contribution in [0.15, 0.2) is 23.3 Å². The van der Waals surface area contributed by atoms with Crippen molar-refractivity contribution in [2.24, 2.45) is 0 Å². The monoisotopic (exact) mass is 223 g/mol. The average molecular weight is 223 g/mol. The van der Waals surface area contributed by atoms with Crippen molar-refractivity contribution < 1.29 is 9.53 Å². The maximum Gasteiger partial charge on any atom is 0.350 e. The third-order valence-corrected chi connectivity index (χ3v) is 2.09. The van der Waals surface area contributed by atoms with Gasteiger partial charge in [0.15, 0.2) is 10.7 Å². The zero-order valence-electron chi connectivity index (χ0n) is 8.06. The van der Waals surface area contributed by atoms with Crippen LogP contribution in [0.2, 0.25) is 0 Å². The van der Waals surface area contributed by atoms with E-state index in [1.54, 1.807) is 24.6 Å². The molecule has 0 aliphatic heterocycles. The van der Waals surface area contributed by atoms with E-state index in [0.717, 1.165) is 0 Å². The fourth-order valence-corrected chi connectivity index (χ4v) is 1.27. The highest BCUT2D eigenvalue weighted by molar-refractivity contribution is 7.13. The van der Waals surface area contributed by atoms with Crippen molar-refractivity contribution in [2.45, 2.75) is 6.92 Å². The van der Waals surface area contributed by atoms with Crippen molar-refractivity contribution in [3.8, 4) is 6.07 Å². The Morgan fingerprint density at radius 3 is 3.20 bits per heavy atom. The first-order valence-electron chi connectivity index (χ1n) is 4.21. The van der Waals surface area contributed by atoms with Crippen LogP contribution >= 0.6 is 11.3 Å². The van der Waals surface area contributed by atoms with E-state index >= 15 is 0 Å². The predicted octanol–water partition coefficient (Wildman–Crippen LogP) is 1.53. The van der Waals surface area contributed by atoms with Crippen LogP contribution < -0.4 is 5.32 Å². The number of carbonyl (C=O) groups excluding carboxylic acids is 1. The summed E-state index contributed by atoms with van der Waals surface area (Å²) in [6, 6.07) is 1.75. The molecule has 0 unspecified atom stereocenters. The summed E-state index contributed by atoms with van der Waals surface area (Å²) < 4.78 is 4.68. The third-order valence-electron chi connectivity index (χ3n) is 1.39. The number of aromatic nitrogens is 1. The SMILES string of the molecule is CCOC(=O)C(C#N)=CNc1nccs1. The molecule has 1 aromatic rings. The van der Waals surface area contributed by atoms with Gasteiger partial charge in [-0.25, -0.2) is 9.78 Å². The summed E-state index contributed by atoms with van der Waals surface area (Å²) in [6.07, 6.45) is 2.91. The minimum absolute atomic E-state index is 0.0768. The van der Waals surface area contributed by atoms with E-state index in [1.807, 2.05) is 0 Å². The van der Waals surface area contributed by atoms with Crippen molar-refractivity contribution in [1.82, 2.24) is 4.98 Å². The first kappa shape index (κ1) is 11.2. The molecule has 0 aliphatic carbocycles. The van der Waals surface area contributed by atoms with Gasteiger partial charge in [-0.15, -0.1) is 11.3 Å². The van der Waals surface area contributed by atoms with E-state index in [1.165, 1.54) is 17.5 Å². The molecule has 1 rings (SSSR count). The number of thiazole rings is 1. The maximum absolute atomic E-state index is 11.2. The van der Waals surface area contributed by atoms with Gasteiger partial charge in [0, 0.05) is 17.8 Å². The van der Waals surface area contributed by atoms with Crippen molar-refractivity contribution in [3.63, 3.8) is 0 Å². The van der Waals surface area contributed by atoms with Gasteiger partial charge in [0.1, 0.15) is 6.07 Å². The lowest BCUT2D eigenvalue weighted by Crippen LogP contribution is -2.07. The Bertz CT molecular complexity index is 392. The number of esters is 1. The Hall–Kier alpha value is -1.87. The van der Waals surface area contributed by atoms with E-state index in [-0.39, 0.29) is 12.2 Å². The molecule has 0 atom stereocenters. The molecule has 0 saturated carbocycles. The van der Waals surface area contributed by atoms with Gasteiger partial charge in [0.25, 0.3) is 0 Å². The number of nitrogens with one attached hydrogen (secondary N) is 1. The molecule has 15 heavy (non-hydrogen) atoms. The number of carbonyl (C=O) groups is 1. The number of rotatable bonds is 4. The Balaban J connectivity index is 2.63. The van der Waals surface area contributed by atoms with Crippen LogP contribution in [0.4, 0.5) is 5.13 Å². The Kier molecular flexibility index (Phi) is 4.31. The van der Waals surface area contributed by atoms with Gasteiger partial charge in [-0.2, -0.15) is 5.26 Å². The molecule has 5 nitrogen and oxygen atoms in total. The second kappa shape index (κ2) is 5.78. The van der Waals surface area contributed by atoms with Crippen LogP contribution in [-0.4, -0.2) is 17.6 Å². The van der Waals surface area contributed by atoms with Crippen molar-refractivity contribution >= 4 is 22.4 Å². The van der Waals surface area contributed by atoms with Gasteiger partial charge >= 0.3 is 5.97 Å². The van der Waals surface area contributed by atoms with Gasteiger partial charge in [-0.1, -0.05) is 0 Å². The molecule has 1 aromatic heterocycles. The van der Waals surface area contributed by atoms with Crippen LogP contribution in [0, 0.1) is 11.3 Å². The highest BCUT2D eigenvalue weighted by atomic mass is 32.1.